The van der Waals surface area contributed by atoms with E-state index in [1.54, 1.807) is 29.2 Å². The van der Waals surface area contributed by atoms with Gasteiger partial charge in [-0.15, -0.1) is 0 Å². The summed E-state index contributed by atoms with van der Waals surface area (Å²) in [6.45, 7) is 2.40. The van der Waals surface area contributed by atoms with Gasteiger partial charge in [-0.3, -0.25) is 14.5 Å². The molecular formula is C19H17BrClN3O2S. The fourth-order valence-electron chi connectivity index (χ4n) is 2.53. The summed E-state index contributed by atoms with van der Waals surface area (Å²) in [5, 5.41) is 3.43. The standard InChI is InChI=1S/C19H17BrClN3O2S/c1-2-24-17(25)11-16(18(26)22-14-9-5-13(21)6-10-14)27-19(24)23-15-7-3-12(20)4-8-15/h3-10,16H,2,11H2,1H3,(H,22,26)/t16-/m1/s1. The molecule has 1 aliphatic rings. The minimum atomic E-state index is -0.537. The summed E-state index contributed by atoms with van der Waals surface area (Å²) in [5.74, 6) is -0.335. The number of thioether (sulfide) groups is 1. The molecule has 1 heterocycles. The van der Waals surface area contributed by atoms with Crippen LogP contribution in [-0.4, -0.2) is 33.7 Å². The number of carbonyl (C=O) groups is 2. The number of halogens is 2. The highest BCUT2D eigenvalue weighted by Crippen LogP contribution is 2.30. The lowest BCUT2D eigenvalue weighted by Gasteiger charge is -2.30. The Bertz CT molecular complexity index is 872. The molecule has 8 heteroatoms. The van der Waals surface area contributed by atoms with E-state index in [-0.39, 0.29) is 18.2 Å². The Morgan fingerprint density at radius 2 is 1.93 bits per heavy atom. The van der Waals surface area contributed by atoms with Gasteiger partial charge in [0.1, 0.15) is 5.25 Å². The lowest BCUT2D eigenvalue weighted by atomic mass is 10.2. The van der Waals surface area contributed by atoms with E-state index < -0.39 is 5.25 Å². The predicted molar refractivity (Wildman–Crippen MR) is 115 cm³/mol. The normalized spacial score (nSPS) is 18.6. The number of rotatable bonds is 4. The summed E-state index contributed by atoms with van der Waals surface area (Å²) < 4.78 is 0.950. The molecule has 3 rings (SSSR count). The molecule has 0 spiro atoms. The van der Waals surface area contributed by atoms with Crippen LogP contribution in [-0.2, 0) is 9.59 Å². The minimum Gasteiger partial charge on any atom is -0.325 e. The number of aliphatic imine (C=N–C) groups is 1. The van der Waals surface area contributed by atoms with Gasteiger partial charge in [-0.2, -0.15) is 0 Å². The molecule has 1 fully saturated rings. The molecule has 0 aromatic heterocycles. The van der Waals surface area contributed by atoms with Crippen LogP contribution in [0.2, 0.25) is 5.02 Å². The number of benzene rings is 2. The van der Waals surface area contributed by atoms with Crippen molar-refractivity contribution in [2.24, 2.45) is 4.99 Å². The zero-order chi connectivity index (χ0) is 19.4. The molecule has 0 bridgehead atoms. The Hall–Kier alpha value is -1.83. The Morgan fingerprint density at radius 3 is 2.56 bits per heavy atom. The smallest absolute Gasteiger partial charge is 0.238 e. The second kappa shape index (κ2) is 8.91. The Morgan fingerprint density at radius 1 is 1.26 bits per heavy atom. The van der Waals surface area contributed by atoms with Crippen LogP contribution in [0.5, 0.6) is 0 Å². The van der Waals surface area contributed by atoms with Crippen molar-refractivity contribution in [3.63, 3.8) is 0 Å². The summed E-state index contributed by atoms with van der Waals surface area (Å²) in [4.78, 5) is 31.3. The average molecular weight is 467 g/mol. The van der Waals surface area contributed by atoms with E-state index in [1.807, 2.05) is 31.2 Å². The van der Waals surface area contributed by atoms with E-state index in [1.165, 1.54) is 11.8 Å². The molecule has 2 aromatic carbocycles. The maximum absolute atomic E-state index is 12.6. The van der Waals surface area contributed by atoms with Crippen molar-refractivity contribution >= 4 is 67.6 Å². The largest absolute Gasteiger partial charge is 0.325 e. The highest BCUT2D eigenvalue weighted by molar-refractivity contribution is 9.10. The first-order chi connectivity index (χ1) is 13.0. The van der Waals surface area contributed by atoms with E-state index >= 15 is 0 Å². The topological polar surface area (TPSA) is 61.8 Å². The minimum absolute atomic E-state index is 0.108. The Balaban J connectivity index is 1.79. The molecule has 0 radical (unpaired) electrons. The number of amides is 2. The number of nitrogens with zero attached hydrogens (tertiary/aromatic N) is 2. The number of amidine groups is 1. The van der Waals surface area contributed by atoms with E-state index in [0.29, 0.717) is 22.4 Å². The summed E-state index contributed by atoms with van der Waals surface area (Å²) in [7, 11) is 0. The number of nitrogens with one attached hydrogen (secondary N) is 1. The van der Waals surface area contributed by atoms with E-state index in [0.717, 1.165) is 10.2 Å². The van der Waals surface area contributed by atoms with Crippen molar-refractivity contribution in [3.05, 3.63) is 58.0 Å². The third kappa shape index (κ3) is 5.12. The van der Waals surface area contributed by atoms with Gasteiger partial charge in [-0.1, -0.05) is 39.3 Å². The average Bonchev–Trinajstić information content (AvgIpc) is 2.65. The fourth-order valence-corrected chi connectivity index (χ4v) is 4.09. The molecule has 1 atom stereocenters. The highest BCUT2D eigenvalue weighted by atomic mass is 79.9. The molecule has 140 valence electrons. The second-order valence-corrected chi connectivity index (χ2v) is 8.34. The zero-order valence-corrected chi connectivity index (χ0v) is 17.6. The van der Waals surface area contributed by atoms with Crippen LogP contribution in [0.1, 0.15) is 13.3 Å². The second-order valence-electron chi connectivity index (χ2n) is 5.82. The van der Waals surface area contributed by atoms with Gasteiger partial charge in [-0.25, -0.2) is 4.99 Å². The summed E-state index contributed by atoms with van der Waals surface area (Å²) >= 11 is 10.6. The number of carbonyl (C=O) groups excluding carboxylic acids is 2. The Kier molecular flexibility index (Phi) is 6.57. The monoisotopic (exact) mass is 465 g/mol. The predicted octanol–water partition coefficient (Wildman–Crippen LogP) is 5.08. The van der Waals surface area contributed by atoms with Gasteiger partial charge < -0.3 is 5.32 Å². The third-order valence-electron chi connectivity index (χ3n) is 3.91. The molecule has 5 nitrogen and oxygen atoms in total. The van der Waals surface area contributed by atoms with Crippen molar-refractivity contribution in [3.8, 4) is 0 Å². The van der Waals surface area contributed by atoms with Crippen molar-refractivity contribution in [1.82, 2.24) is 4.90 Å². The maximum Gasteiger partial charge on any atom is 0.238 e. The first-order valence-corrected chi connectivity index (χ1v) is 10.4. The van der Waals surface area contributed by atoms with Crippen molar-refractivity contribution < 1.29 is 9.59 Å². The van der Waals surface area contributed by atoms with Crippen LogP contribution >= 0.6 is 39.3 Å². The SMILES string of the molecule is CCN1C(=O)C[C@H](C(=O)Nc2ccc(Cl)cc2)SC1=Nc1ccc(Br)cc1. The molecular weight excluding hydrogens is 450 g/mol. The van der Waals surface area contributed by atoms with Crippen LogP contribution in [0.15, 0.2) is 58.0 Å². The highest BCUT2D eigenvalue weighted by Gasteiger charge is 2.35. The van der Waals surface area contributed by atoms with Crippen molar-refractivity contribution in [2.75, 3.05) is 11.9 Å². The van der Waals surface area contributed by atoms with Gasteiger partial charge in [0.05, 0.1) is 5.69 Å². The van der Waals surface area contributed by atoms with Gasteiger partial charge in [-0.05, 0) is 55.5 Å². The third-order valence-corrected chi connectivity index (χ3v) is 5.88. The quantitative estimate of drug-likeness (QED) is 0.683. The molecule has 2 amide bonds. The van der Waals surface area contributed by atoms with Crippen LogP contribution < -0.4 is 5.32 Å². The number of hydrogen-bond acceptors (Lipinski definition) is 4. The summed E-state index contributed by atoms with van der Waals surface area (Å²) in [5.41, 5.74) is 1.37. The van der Waals surface area contributed by atoms with Gasteiger partial charge in [0.15, 0.2) is 5.17 Å². The fraction of sp³-hybridized carbons (Fsp3) is 0.211. The lowest BCUT2D eigenvalue weighted by molar-refractivity contribution is -0.129. The summed E-state index contributed by atoms with van der Waals surface area (Å²) in [6.07, 6.45) is 0.136. The first kappa shape index (κ1) is 19.9. The van der Waals surface area contributed by atoms with Gasteiger partial charge in [0.2, 0.25) is 11.8 Å². The van der Waals surface area contributed by atoms with E-state index in [4.69, 9.17) is 11.6 Å². The summed E-state index contributed by atoms with van der Waals surface area (Å²) in [6, 6.07) is 14.3. The van der Waals surface area contributed by atoms with Crippen LogP contribution in [0.3, 0.4) is 0 Å². The van der Waals surface area contributed by atoms with Crippen molar-refractivity contribution in [2.45, 2.75) is 18.6 Å². The molecule has 0 aliphatic carbocycles. The molecule has 1 aliphatic heterocycles. The molecule has 1 saturated heterocycles. The van der Waals surface area contributed by atoms with Crippen LogP contribution in [0.4, 0.5) is 11.4 Å². The van der Waals surface area contributed by atoms with Crippen molar-refractivity contribution in [1.29, 1.82) is 0 Å². The van der Waals surface area contributed by atoms with Gasteiger partial charge in [0.25, 0.3) is 0 Å². The van der Waals surface area contributed by atoms with Crippen LogP contribution in [0.25, 0.3) is 0 Å². The molecule has 0 saturated carbocycles. The number of hydrogen-bond donors (Lipinski definition) is 1. The first-order valence-electron chi connectivity index (χ1n) is 8.34. The molecule has 2 aromatic rings. The zero-order valence-electron chi connectivity index (χ0n) is 14.5. The molecule has 27 heavy (non-hydrogen) atoms. The van der Waals surface area contributed by atoms with Gasteiger partial charge >= 0.3 is 0 Å². The number of anilines is 1. The van der Waals surface area contributed by atoms with Gasteiger partial charge in [0, 0.05) is 28.1 Å². The Labute approximate surface area is 175 Å². The molecule has 1 N–H and O–H groups in total. The van der Waals surface area contributed by atoms with E-state index in [9.17, 15) is 9.59 Å². The lowest BCUT2D eigenvalue weighted by Crippen LogP contribution is -2.45. The van der Waals surface area contributed by atoms with Crippen LogP contribution in [0, 0.1) is 0 Å². The van der Waals surface area contributed by atoms with E-state index in [2.05, 4.69) is 26.2 Å². The maximum atomic E-state index is 12.6. The molecule has 0 unspecified atom stereocenters.